The molecule has 6 nitrogen and oxygen atoms in total. The van der Waals surface area contributed by atoms with E-state index >= 15 is 0 Å². The molecule has 1 aromatic carbocycles. The summed E-state index contributed by atoms with van der Waals surface area (Å²) in [6.45, 7) is 7.64. The van der Waals surface area contributed by atoms with Gasteiger partial charge in [0.05, 0.1) is 18.4 Å². The molecule has 2 rings (SSSR count). The van der Waals surface area contributed by atoms with Gasteiger partial charge in [0.25, 0.3) is 5.91 Å². The number of nitrogens with one attached hydrogen (secondary N) is 2. The van der Waals surface area contributed by atoms with Gasteiger partial charge >= 0.3 is 0 Å². The van der Waals surface area contributed by atoms with Crippen molar-refractivity contribution in [3.63, 3.8) is 0 Å². The topological polar surface area (TPSA) is 76.1 Å². The zero-order chi connectivity index (χ0) is 17.9. The van der Waals surface area contributed by atoms with E-state index in [1.54, 1.807) is 13.2 Å². The summed E-state index contributed by atoms with van der Waals surface area (Å²) in [7, 11) is 1.56. The van der Waals surface area contributed by atoms with Crippen molar-refractivity contribution in [1.29, 1.82) is 0 Å². The van der Waals surface area contributed by atoms with Gasteiger partial charge in [-0.15, -0.1) is 0 Å². The van der Waals surface area contributed by atoms with Gasteiger partial charge in [-0.2, -0.15) is 0 Å². The Hall–Kier alpha value is -2.34. The number of halogens is 1. The van der Waals surface area contributed by atoms with Crippen molar-refractivity contribution in [3.8, 4) is 5.75 Å². The second kappa shape index (κ2) is 7.05. The highest BCUT2D eigenvalue weighted by Crippen LogP contribution is 2.32. The predicted molar refractivity (Wildman–Crippen MR) is 95.3 cm³/mol. The summed E-state index contributed by atoms with van der Waals surface area (Å²) in [5.41, 5.74) is 1.68. The van der Waals surface area contributed by atoms with Crippen molar-refractivity contribution >= 4 is 29.1 Å². The van der Waals surface area contributed by atoms with E-state index in [1.807, 2.05) is 33.8 Å². The zero-order valence-corrected chi connectivity index (χ0v) is 15.2. The van der Waals surface area contributed by atoms with E-state index in [0.29, 0.717) is 28.0 Å². The van der Waals surface area contributed by atoms with Crippen LogP contribution in [-0.4, -0.2) is 28.5 Å². The molecule has 1 aromatic heterocycles. The van der Waals surface area contributed by atoms with E-state index in [-0.39, 0.29) is 11.4 Å². The van der Waals surface area contributed by atoms with E-state index in [2.05, 4.69) is 20.6 Å². The van der Waals surface area contributed by atoms with E-state index in [4.69, 9.17) is 16.3 Å². The Balaban J connectivity index is 2.18. The first kappa shape index (κ1) is 18.0. The van der Waals surface area contributed by atoms with E-state index < -0.39 is 0 Å². The average molecular weight is 349 g/mol. The molecule has 1 amide bonds. The Morgan fingerprint density at radius 1 is 1.21 bits per heavy atom. The van der Waals surface area contributed by atoms with Crippen LogP contribution in [0, 0.1) is 6.92 Å². The van der Waals surface area contributed by atoms with E-state index in [9.17, 15) is 4.79 Å². The summed E-state index contributed by atoms with van der Waals surface area (Å²) in [6, 6.07) is 3.58. The highest BCUT2D eigenvalue weighted by molar-refractivity contribution is 6.31. The number of nitrogens with zero attached hydrogens (tertiary/aromatic N) is 2. The van der Waals surface area contributed by atoms with Crippen LogP contribution >= 0.6 is 11.6 Å². The second-order valence-electron chi connectivity index (χ2n) is 6.43. The molecular formula is C17H21ClN4O2. The molecule has 0 aliphatic rings. The number of aromatic nitrogens is 2. The molecule has 2 N–H and O–H groups in total. The van der Waals surface area contributed by atoms with Gasteiger partial charge in [0.15, 0.2) is 0 Å². The van der Waals surface area contributed by atoms with Gasteiger partial charge in [0.1, 0.15) is 5.75 Å². The Morgan fingerprint density at radius 3 is 2.38 bits per heavy atom. The molecule has 0 atom stereocenters. The fourth-order valence-corrected chi connectivity index (χ4v) is 2.13. The van der Waals surface area contributed by atoms with E-state index in [0.717, 1.165) is 5.56 Å². The molecule has 24 heavy (non-hydrogen) atoms. The number of rotatable bonds is 4. The number of carbonyl (C=O) groups is 1. The zero-order valence-electron chi connectivity index (χ0n) is 14.4. The van der Waals surface area contributed by atoms with Gasteiger partial charge in [-0.3, -0.25) is 4.79 Å². The lowest BCUT2D eigenvalue weighted by atomic mass is 10.1. The molecule has 0 saturated carbocycles. The van der Waals surface area contributed by atoms with Gasteiger partial charge in [-0.1, -0.05) is 11.6 Å². The number of methoxy groups -OCH3 is 1. The molecule has 0 radical (unpaired) electrons. The van der Waals surface area contributed by atoms with Gasteiger partial charge in [-0.25, -0.2) is 9.97 Å². The highest BCUT2D eigenvalue weighted by Gasteiger charge is 2.16. The second-order valence-corrected chi connectivity index (χ2v) is 6.83. The first-order valence-electron chi connectivity index (χ1n) is 7.45. The SMILES string of the molecule is COc1cc(Cl)c(C)cc1Nc1ncc(C(=O)NC(C)(C)C)cn1. The van der Waals surface area contributed by atoms with Crippen molar-refractivity contribution < 1.29 is 9.53 Å². The van der Waals surface area contributed by atoms with Gasteiger partial charge < -0.3 is 15.4 Å². The summed E-state index contributed by atoms with van der Waals surface area (Å²) < 4.78 is 5.30. The maximum absolute atomic E-state index is 12.1. The summed E-state index contributed by atoms with van der Waals surface area (Å²) >= 11 is 6.09. The number of carbonyl (C=O) groups excluding carboxylic acids is 1. The van der Waals surface area contributed by atoms with Crippen LogP contribution in [0.1, 0.15) is 36.7 Å². The molecule has 0 aliphatic carbocycles. The normalized spacial score (nSPS) is 11.1. The Kier molecular flexibility index (Phi) is 5.29. The summed E-state index contributed by atoms with van der Waals surface area (Å²) in [5, 5.41) is 6.55. The van der Waals surface area contributed by atoms with Crippen LogP contribution < -0.4 is 15.4 Å². The molecule has 0 spiro atoms. The number of ether oxygens (including phenoxy) is 1. The predicted octanol–water partition coefficient (Wildman–Crippen LogP) is 3.72. The molecule has 0 aliphatic heterocycles. The van der Waals surface area contributed by atoms with Crippen LogP contribution in [0.4, 0.5) is 11.6 Å². The minimum atomic E-state index is -0.317. The summed E-state index contributed by atoms with van der Waals surface area (Å²) in [5.74, 6) is 0.736. The third-order valence-corrected chi connectivity index (χ3v) is 3.54. The molecule has 2 aromatic rings. The van der Waals surface area contributed by atoms with Gasteiger partial charge in [-0.05, 0) is 39.3 Å². The first-order chi connectivity index (χ1) is 11.2. The number of benzene rings is 1. The lowest BCUT2D eigenvalue weighted by Gasteiger charge is -2.20. The maximum Gasteiger partial charge on any atom is 0.254 e. The monoisotopic (exact) mass is 348 g/mol. The third kappa shape index (κ3) is 4.58. The Labute approximate surface area is 146 Å². The molecular weight excluding hydrogens is 328 g/mol. The van der Waals surface area contributed by atoms with Crippen LogP contribution in [0.3, 0.4) is 0 Å². The van der Waals surface area contributed by atoms with Gasteiger partial charge in [0, 0.05) is 29.0 Å². The minimum absolute atomic E-state index is 0.214. The quantitative estimate of drug-likeness (QED) is 0.880. The molecule has 1 heterocycles. The van der Waals surface area contributed by atoms with Crippen molar-refractivity contribution in [2.24, 2.45) is 0 Å². The number of anilines is 2. The molecule has 7 heteroatoms. The largest absolute Gasteiger partial charge is 0.495 e. The lowest BCUT2D eigenvalue weighted by Crippen LogP contribution is -2.40. The van der Waals surface area contributed by atoms with Crippen molar-refractivity contribution in [3.05, 3.63) is 40.7 Å². The smallest absolute Gasteiger partial charge is 0.254 e. The number of aryl methyl sites for hydroxylation is 1. The summed E-state index contributed by atoms with van der Waals surface area (Å²) in [6.07, 6.45) is 2.96. The Bertz CT molecular complexity index is 739. The van der Waals surface area contributed by atoms with Gasteiger partial charge in [0.2, 0.25) is 5.95 Å². The standard InChI is InChI=1S/C17H21ClN4O2/c1-10-6-13(14(24-5)7-12(10)18)21-16-19-8-11(9-20-16)15(23)22-17(2,3)4/h6-9H,1-5H3,(H,22,23)(H,19,20,21). The molecule has 0 saturated heterocycles. The third-order valence-electron chi connectivity index (χ3n) is 3.13. The van der Waals surface area contributed by atoms with E-state index in [1.165, 1.54) is 12.4 Å². The fourth-order valence-electron chi connectivity index (χ4n) is 1.97. The molecule has 0 unspecified atom stereocenters. The first-order valence-corrected chi connectivity index (χ1v) is 7.83. The van der Waals surface area contributed by atoms with Crippen LogP contribution in [0.15, 0.2) is 24.5 Å². The van der Waals surface area contributed by atoms with Crippen LogP contribution in [-0.2, 0) is 0 Å². The molecule has 0 fully saturated rings. The van der Waals surface area contributed by atoms with Crippen LogP contribution in [0.2, 0.25) is 5.02 Å². The molecule has 0 bridgehead atoms. The maximum atomic E-state index is 12.1. The number of amides is 1. The number of hydrogen-bond acceptors (Lipinski definition) is 5. The Morgan fingerprint density at radius 2 is 1.83 bits per heavy atom. The summed E-state index contributed by atoms with van der Waals surface area (Å²) in [4.78, 5) is 20.4. The highest BCUT2D eigenvalue weighted by atomic mass is 35.5. The average Bonchev–Trinajstić information content (AvgIpc) is 2.49. The minimum Gasteiger partial charge on any atom is -0.495 e. The molecule has 128 valence electrons. The van der Waals surface area contributed by atoms with Crippen molar-refractivity contribution in [2.45, 2.75) is 33.2 Å². The van der Waals surface area contributed by atoms with Crippen LogP contribution in [0.25, 0.3) is 0 Å². The fraction of sp³-hybridized carbons (Fsp3) is 0.353. The lowest BCUT2D eigenvalue weighted by molar-refractivity contribution is 0.0919. The van der Waals surface area contributed by atoms with Crippen molar-refractivity contribution in [1.82, 2.24) is 15.3 Å². The van der Waals surface area contributed by atoms with Crippen molar-refractivity contribution in [2.75, 3.05) is 12.4 Å². The van der Waals surface area contributed by atoms with Crippen LogP contribution in [0.5, 0.6) is 5.75 Å². The number of hydrogen-bond donors (Lipinski definition) is 2.